The predicted octanol–water partition coefficient (Wildman–Crippen LogP) is 0.888. The van der Waals surface area contributed by atoms with Crippen molar-refractivity contribution in [2.45, 2.75) is 0 Å². The van der Waals surface area contributed by atoms with Crippen molar-refractivity contribution in [3.05, 3.63) is 34.9 Å². The summed E-state index contributed by atoms with van der Waals surface area (Å²) in [7, 11) is 0. The van der Waals surface area contributed by atoms with Gasteiger partial charge in [0.25, 0.3) is 0 Å². The van der Waals surface area contributed by atoms with Crippen molar-refractivity contribution < 1.29 is 9.52 Å². The van der Waals surface area contributed by atoms with Crippen LogP contribution < -0.4 is 4.72 Å². The second-order valence-corrected chi connectivity index (χ2v) is 2.64. The lowest BCUT2D eigenvalue weighted by Crippen LogP contribution is -2.77. The summed E-state index contributed by atoms with van der Waals surface area (Å²) in [5.74, 6) is -0.168. The van der Waals surface area contributed by atoms with Gasteiger partial charge in [-0.3, -0.25) is 0 Å². The first-order chi connectivity index (χ1) is 5.25. The van der Waals surface area contributed by atoms with E-state index in [9.17, 15) is 4.79 Å². The highest BCUT2D eigenvalue weighted by Gasteiger charge is 2.10. The highest BCUT2D eigenvalue weighted by molar-refractivity contribution is 7.73. The average Bonchev–Trinajstić information content (AvgIpc) is 2.04. The number of benzene rings is 1. The van der Waals surface area contributed by atoms with Crippen LogP contribution in [0, 0.1) is 0 Å². The topological polar surface area (TPSA) is 33.7 Å². The molecule has 1 aromatic rings. The Balaban J connectivity index is 3.03. The lowest BCUT2D eigenvalue weighted by atomic mass is 10.2. The number of rotatable bonds is 1. The van der Waals surface area contributed by atoms with E-state index in [1.165, 1.54) is 4.72 Å². The van der Waals surface area contributed by atoms with Crippen LogP contribution in [-0.2, 0) is 0 Å². The first-order valence-corrected chi connectivity index (χ1v) is 3.91. The Labute approximate surface area is 75.1 Å². The van der Waals surface area contributed by atoms with Crippen molar-refractivity contribution in [2.75, 3.05) is 0 Å². The van der Waals surface area contributed by atoms with E-state index in [-0.39, 0.29) is 5.91 Å². The molecule has 0 aliphatic carbocycles. The molecule has 1 aromatic carbocycles. The molecule has 4 heteroatoms. The van der Waals surface area contributed by atoms with Gasteiger partial charge in [-0.05, 0) is 12.1 Å². The fourth-order valence-electron chi connectivity index (χ4n) is 0.731. The molecule has 1 amide bonds. The average molecular weight is 189 g/mol. The van der Waals surface area contributed by atoms with Crippen LogP contribution in [0.2, 0.25) is 5.02 Å². The molecule has 0 saturated heterocycles. The molecular formula is C7H7ClNOS+. The largest absolute Gasteiger partial charge is 0.355 e. The van der Waals surface area contributed by atoms with Crippen molar-refractivity contribution in [1.82, 2.24) is 0 Å². The fourth-order valence-corrected chi connectivity index (χ4v) is 1.10. The first-order valence-electron chi connectivity index (χ1n) is 3.02. The summed E-state index contributed by atoms with van der Waals surface area (Å²) in [4.78, 5) is 11.0. The number of hydrogen-bond donors (Lipinski definition) is 2. The summed E-state index contributed by atoms with van der Waals surface area (Å²) in [6, 6.07) is 6.87. The Hall–Kier alpha value is -0.510. The van der Waals surface area contributed by atoms with Crippen LogP contribution in [0.1, 0.15) is 10.4 Å². The van der Waals surface area contributed by atoms with Gasteiger partial charge < -0.3 is 0 Å². The summed E-state index contributed by atoms with van der Waals surface area (Å²) in [5, 5.41) is 0.461. The Morgan fingerprint density at radius 1 is 1.45 bits per heavy atom. The molecule has 0 fully saturated rings. The number of carbonyl (C=O) groups is 1. The molecule has 0 aliphatic rings. The Morgan fingerprint density at radius 3 is 2.64 bits per heavy atom. The zero-order valence-electron chi connectivity index (χ0n) is 5.62. The van der Waals surface area contributed by atoms with Gasteiger partial charge in [0.05, 0.1) is 23.4 Å². The van der Waals surface area contributed by atoms with Gasteiger partial charge in [0, 0.05) is 0 Å². The number of amides is 1. The third-order valence-electron chi connectivity index (χ3n) is 1.26. The van der Waals surface area contributed by atoms with Gasteiger partial charge in [0.1, 0.15) is 0 Å². The van der Waals surface area contributed by atoms with Crippen LogP contribution in [0.3, 0.4) is 0 Å². The van der Waals surface area contributed by atoms with E-state index < -0.39 is 0 Å². The summed E-state index contributed by atoms with van der Waals surface area (Å²) in [6.07, 6.45) is 0. The molecule has 0 aliphatic heterocycles. The Kier molecular flexibility index (Phi) is 2.93. The third-order valence-corrected chi connectivity index (χ3v) is 1.82. The smallest absolute Gasteiger partial charge is 0.225 e. The monoisotopic (exact) mass is 188 g/mol. The molecule has 1 rings (SSSR count). The van der Waals surface area contributed by atoms with Crippen molar-refractivity contribution >= 4 is 30.3 Å². The highest BCUT2D eigenvalue weighted by atomic mass is 35.5. The molecule has 0 saturated carbocycles. The van der Waals surface area contributed by atoms with Crippen LogP contribution in [-0.4, -0.2) is 5.91 Å². The second kappa shape index (κ2) is 3.76. The normalized spacial score (nSPS) is 9.64. The van der Waals surface area contributed by atoms with E-state index in [2.05, 4.69) is 12.8 Å². The van der Waals surface area contributed by atoms with E-state index in [4.69, 9.17) is 11.6 Å². The summed E-state index contributed by atoms with van der Waals surface area (Å²) < 4.78 is 1.20. The summed E-state index contributed by atoms with van der Waals surface area (Å²) >= 11 is 9.46. The van der Waals surface area contributed by atoms with Gasteiger partial charge in [-0.2, -0.15) is 0 Å². The number of thiol groups is 1. The van der Waals surface area contributed by atoms with E-state index >= 15 is 0 Å². The van der Waals surface area contributed by atoms with Crippen LogP contribution in [0.4, 0.5) is 0 Å². The van der Waals surface area contributed by atoms with Gasteiger partial charge in [0.2, 0.25) is 0 Å². The maximum atomic E-state index is 11.0. The van der Waals surface area contributed by atoms with Crippen molar-refractivity contribution in [3.8, 4) is 0 Å². The molecule has 58 valence electrons. The SMILES string of the molecule is O=C([NH2+]S)c1ccccc1Cl. The van der Waals surface area contributed by atoms with Gasteiger partial charge in [-0.15, -0.1) is 0 Å². The minimum Gasteiger partial charge on any atom is -0.225 e. The molecule has 0 spiro atoms. The number of carbonyl (C=O) groups excluding carboxylic acids is 1. The number of primary amides is 1. The number of quaternary nitrogens is 1. The second-order valence-electron chi connectivity index (χ2n) is 1.97. The minimum atomic E-state index is -0.168. The zero-order chi connectivity index (χ0) is 8.27. The number of nitrogens with two attached hydrogens (primary N) is 1. The molecule has 0 bridgehead atoms. The summed E-state index contributed by atoms with van der Waals surface area (Å²) in [5.41, 5.74) is 0.490. The molecule has 0 unspecified atom stereocenters. The Bertz CT molecular complexity index is 277. The first kappa shape index (κ1) is 8.59. The molecule has 0 atom stereocenters. The fraction of sp³-hybridized carbons (Fsp3) is 0. The van der Waals surface area contributed by atoms with Crippen LogP contribution in [0.25, 0.3) is 0 Å². The zero-order valence-corrected chi connectivity index (χ0v) is 7.27. The standard InChI is InChI=1S/C7H6ClNOS/c8-6-4-2-1-3-5(6)7(10)9-11/h1-4,11H,(H,9,10)/p+1. The maximum absolute atomic E-state index is 11.0. The predicted molar refractivity (Wildman–Crippen MR) is 46.7 cm³/mol. The van der Waals surface area contributed by atoms with Crippen LogP contribution in [0.5, 0.6) is 0 Å². The molecular weight excluding hydrogens is 182 g/mol. The maximum Gasteiger partial charge on any atom is 0.355 e. The van der Waals surface area contributed by atoms with Crippen LogP contribution >= 0.6 is 24.4 Å². The van der Waals surface area contributed by atoms with E-state index in [1.54, 1.807) is 24.3 Å². The number of halogens is 1. The van der Waals surface area contributed by atoms with Gasteiger partial charge in [-0.25, -0.2) is 9.52 Å². The van der Waals surface area contributed by atoms with Gasteiger partial charge in [0.15, 0.2) is 0 Å². The van der Waals surface area contributed by atoms with E-state index in [0.29, 0.717) is 10.6 Å². The van der Waals surface area contributed by atoms with Gasteiger partial charge >= 0.3 is 5.91 Å². The number of hydrogen-bond acceptors (Lipinski definition) is 2. The molecule has 0 aromatic heterocycles. The molecule has 2 N–H and O–H groups in total. The van der Waals surface area contributed by atoms with Crippen LogP contribution in [0.15, 0.2) is 24.3 Å². The lowest BCUT2D eigenvalue weighted by molar-refractivity contribution is -0.362. The highest BCUT2D eigenvalue weighted by Crippen LogP contribution is 2.12. The van der Waals surface area contributed by atoms with Crippen molar-refractivity contribution in [1.29, 1.82) is 0 Å². The molecule has 0 heterocycles. The van der Waals surface area contributed by atoms with Crippen molar-refractivity contribution in [3.63, 3.8) is 0 Å². The quantitative estimate of drug-likeness (QED) is 0.631. The van der Waals surface area contributed by atoms with Crippen molar-refractivity contribution in [2.24, 2.45) is 0 Å². The van der Waals surface area contributed by atoms with E-state index in [1.807, 2.05) is 0 Å². The minimum absolute atomic E-state index is 0.168. The summed E-state index contributed by atoms with van der Waals surface area (Å²) in [6.45, 7) is 0. The van der Waals surface area contributed by atoms with E-state index in [0.717, 1.165) is 0 Å². The molecule has 0 radical (unpaired) electrons. The molecule has 2 nitrogen and oxygen atoms in total. The third kappa shape index (κ3) is 1.96. The van der Waals surface area contributed by atoms with Gasteiger partial charge in [-0.1, -0.05) is 23.7 Å². The molecule has 11 heavy (non-hydrogen) atoms. The lowest BCUT2D eigenvalue weighted by Gasteiger charge is -1.95. The Morgan fingerprint density at radius 2 is 2.09 bits per heavy atom.